The molecule has 9 nitrogen and oxygen atoms in total. The van der Waals surface area contributed by atoms with Gasteiger partial charge in [-0.05, 0) is 49.4 Å². The number of anilines is 2. The number of aromatic nitrogens is 2. The van der Waals surface area contributed by atoms with Crippen molar-refractivity contribution in [2.45, 2.75) is 13.0 Å². The Kier molecular flexibility index (Phi) is 6.54. The van der Waals surface area contributed by atoms with E-state index in [4.69, 9.17) is 29.3 Å². The normalized spacial score (nSPS) is 15.0. The summed E-state index contributed by atoms with van der Waals surface area (Å²) in [7, 11) is 4.94. The number of methoxy groups -OCH3 is 3. The topological polar surface area (TPSA) is 85.5 Å². The summed E-state index contributed by atoms with van der Waals surface area (Å²) in [6.45, 7) is 2.04. The highest BCUT2D eigenvalue weighted by Gasteiger charge is 2.42. The van der Waals surface area contributed by atoms with Crippen molar-refractivity contribution in [3.05, 3.63) is 114 Å². The van der Waals surface area contributed by atoms with E-state index >= 15 is 0 Å². The second-order valence-electron chi connectivity index (χ2n) is 10.2. The molecule has 2 aliphatic heterocycles. The molecule has 5 aromatic rings. The molecule has 214 valence electrons. The minimum atomic E-state index is -0.296. The molecule has 1 unspecified atom stereocenters. The minimum Gasteiger partial charge on any atom is -0.496 e. The number of rotatable bonds is 6. The van der Waals surface area contributed by atoms with Gasteiger partial charge in [0.2, 0.25) is 0 Å². The van der Waals surface area contributed by atoms with E-state index in [1.807, 2.05) is 96.5 Å². The molecule has 4 aromatic carbocycles. The Balaban J connectivity index is 1.48. The second kappa shape index (κ2) is 10.7. The van der Waals surface area contributed by atoms with Gasteiger partial charge >= 0.3 is 0 Å². The molecule has 0 aliphatic carbocycles. The van der Waals surface area contributed by atoms with Crippen LogP contribution in [0.3, 0.4) is 0 Å². The van der Waals surface area contributed by atoms with Crippen LogP contribution >= 0.6 is 0 Å². The summed E-state index contributed by atoms with van der Waals surface area (Å²) in [4.78, 5) is 12.6. The van der Waals surface area contributed by atoms with Gasteiger partial charge in [-0.15, -0.1) is 0 Å². The molecule has 0 fully saturated rings. The number of hydrogen-bond acceptors (Lipinski definition) is 8. The van der Waals surface area contributed by atoms with Crippen molar-refractivity contribution in [3.8, 4) is 22.9 Å². The van der Waals surface area contributed by atoms with Crippen molar-refractivity contribution in [1.29, 1.82) is 0 Å². The number of para-hydroxylation sites is 4. The molecular formula is C34H30N6O3. The van der Waals surface area contributed by atoms with Gasteiger partial charge in [0.15, 0.2) is 29.0 Å². The van der Waals surface area contributed by atoms with E-state index < -0.39 is 0 Å². The van der Waals surface area contributed by atoms with E-state index in [1.54, 1.807) is 21.3 Å². The fourth-order valence-corrected chi connectivity index (χ4v) is 5.78. The third-order valence-electron chi connectivity index (χ3n) is 7.72. The minimum absolute atomic E-state index is 0.296. The Labute approximate surface area is 249 Å². The standard InChI is InChI=1S/C34H30N6O3/c1-21-30-31(24-14-8-11-17-27(24)41-2)39-26-16-10-9-15-25(26)36-32(35-22-18-19-28(42-3)29(20-22)43-4)34(39)37-33(30)40(38-21)23-12-6-5-7-13-23/h5-20,31H,1-4H3,(H,35,36). The fraction of sp³-hybridized carbons (Fsp3) is 0.147. The quantitative estimate of drug-likeness (QED) is 0.237. The average Bonchev–Trinajstić information content (AvgIpc) is 3.39. The molecule has 0 saturated heterocycles. The lowest BCUT2D eigenvalue weighted by molar-refractivity contribution is 0.355. The van der Waals surface area contributed by atoms with Crippen molar-refractivity contribution < 1.29 is 14.2 Å². The van der Waals surface area contributed by atoms with Crippen molar-refractivity contribution in [3.63, 3.8) is 0 Å². The smallest absolute Gasteiger partial charge is 0.179 e. The first kappa shape index (κ1) is 26.3. The Hall–Kier alpha value is -5.57. The van der Waals surface area contributed by atoms with Gasteiger partial charge in [-0.25, -0.2) is 14.7 Å². The van der Waals surface area contributed by atoms with Gasteiger partial charge in [0.1, 0.15) is 5.75 Å². The molecule has 2 aliphatic rings. The summed E-state index contributed by atoms with van der Waals surface area (Å²) >= 11 is 0. The van der Waals surface area contributed by atoms with Gasteiger partial charge < -0.3 is 24.4 Å². The third-order valence-corrected chi connectivity index (χ3v) is 7.72. The summed E-state index contributed by atoms with van der Waals surface area (Å²) in [6.07, 6.45) is 0. The molecule has 0 spiro atoms. The number of fused-ring (bicyclic) bond motifs is 4. The first-order valence-corrected chi connectivity index (χ1v) is 13.9. The van der Waals surface area contributed by atoms with Gasteiger partial charge in [-0.3, -0.25) is 0 Å². The van der Waals surface area contributed by atoms with Gasteiger partial charge in [0.05, 0.1) is 50.1 Å². The van der Waals surface area contributed by atoms with Crippen molar-refractivity contribution in [2.75, 3.05) is 31.5 Å². The summed E-state index contributed by atoms with van der Waals surface area (Å²) in [5.41, 5.74) is 6.34. The summed E-state index contributed by atoms with van der Waals surface area (Å²) in [5.74, 6) is 4.03. The highest BCUT2D eigenvalue weighted by Crippen LogP contribution is 2.49. The van der Waals surface area contributed by atoms with E-state index in [1.165, 1.54) is 0 Å². The number of aliphatic imine (C=N–C) groups is 2. The van der Waals surface area contributed by atoms with E-state index in [2.05, 4.69) is 22.3 Å². The first-order chi connectivity index (χ1) is 21.1. The van der Waals surface area contributed by atoms with Crippen LogP contribution in [0, 0.1) is 6.92 Å². The average molecular weight is 571 g/mol. The zero-order valence-electron chi connectivity index (χ0n) is 24.3. The zero-order chi connectivity index (χ0) is 29.5. The van der Waals surface area contributed by atoms with Gasteiger partial charge in [0.25, 0.3) is 0 Å². The molecule has 1 aromatic heterocycles. The van der Waals surface area contributed by atoms with Crippen LogP contribution in [0.1, 0.15) is 22.9 Å². The van der Waals surface area contributed by atoms with E-state index in [0.717, 1.165) is 51.1 Å². The SMILES string of the molecule is COc1ccc(NC2=Nc3ccccc3N3C2=Nc2c(c(C)nn2-c2ccccc2)C3c2ccccc2OC)cc1OC. The van der Waals surface area contributed by atoms with Gasteiger partial charge in [0, 0.05) is 22.9 Å². The van der Waals surface area contributed by atoms with Gasteiger partial charge in [-0.1, -0.05) is 48.5 Å². The lowest BCUT2D eigenvalue weighted by atomic mass is 9.92. The maximum absolute atomic E-state index is 5.92. The van der Waals surface area contributed by atoms with E-state index in [-0.39, 0.29) is 6.04 Å². The maximum Gasteiger partial charge on any atom is 0.179 e. The summed E-state index contributed by atoms with van der Waals surface area (Å²) in [6, 6.07) is 31.7. The largest absolute Gasteiger partial charge is 0.496 e. The Bertz CT molecular complexity index is 1900. The molecule has 43 heavy (non-hydrogen) atoms. The van der Waals surface area contributed by atoms with Crippen molar-refractivity contribution in [1.82, 2.24) is 9.78 Å². The lowest BCUT2D eigenvalue weighted by Gasteiger charge is -2.41. The van der Waals surface area contributed by atoms with E-state index in [0.29, 0.717) is 23.2 Å². The highest BCUT2D eigenvalue weighted by atomic mass is 16.5. The number of amidine groups is 2. The number of ether oxygens (including phenoxy) is 3. The van der Waals surface area contributed by atoms with Crippen molar-refractivity contribution in [2.24, 2.45) is 9.98 Å². The van der Waals surface area contributed by atoms with Crippen LogP contribution in [-0.2, 0) is 0 Å². The maximum atomic E-state index is 5.92. The van der Waals surface area contributed by atoms with Crippen molar-refractivity contribution >= 4 is 34.6 Å². The number of nitrogens with zero attached hydrogens (tertiary/aromatic N) is 5. The molecule has 0 bridgehead atoms. The Morgan fingerprint density at radius 1 is 0.721 bits per heavy atom. The van der Waals surface area contributed by atoms with Crippen LogP contribution in [0.4, 0.5) is 22.9 Å². The molecule has 0 amide bonds. The lowest BCUT2D eigenvalue weighted by Crippen LogP contribution is -2.46. The number of nitrogens with one attached hydrogen (secondary N) is 1. The Morgan fingerprint density at radius 2 is 1.44 bits per heavy atom. The highest BCUT2D eigenvalue weighted by molar-refractivity contribution is 6.51. The predicted molar refractivity (Wildman–Crippen MR) is 169 cm³/mol. The zero-order valence-corrected chi connectivity index (χ0v) is 24.3. The number of aryl methyl sites for hydroxylation is 1. The predicted octanol–water partition coefficient (Wildman–Crippen LogP) is 7.00. The molecule has 7 rings (SSSR count). The third kappa shape index (κ3) is 4.37. The molecular weight excluding hydrogens is 540 g/mol. The molecule has 0 saturated carbocycles. The van der Waals surface area contributed by atoms with Crippen LogP contribution < -0.4 is 24.4 Å². The fourth-order valence-electron chi connectivity index (χ4n) is 5.78. The number of hydrogen-bond donors (Lipinski definition) is 1. The van der Waals surface area contributed by atoms with Gasteiger partial charge in [-0.2, -0.15) is 5.10 Å². The number of benzene rings is 4. The van der Waals surface area contributed by atoms with E-state index in [9.17, 15) is 0 Å². The molecule has 0 radical (unpaired) electrons. The molecule has 9 heteroatoms. The molecule has 1 N–H and O–H groups in total. The first-order valence-electron chi connectivity index (χ1n) is 13.9. The molecule has 1 atom stereocenters. The van der Waals surface area contributed by atoms with Crippen LogP contribution in [0.5, 0.6) is 17.2 Å². The van der Waals surface area contributed by atoms with Crippen LogP contribution in [-0.4, -0.2) is 42.8 Å². The van der Waals surface area contributed by atoms with Crippen LogP contribution in [0.15, 0.2) is 107 Å². The molecule has 3 heterocycles. The summed E-state index contributed by atoms with van der Waals surface area (Å²) < 4.78 is 18.9. The van der Waals surface area contributed by atoms with Crippen LogP contribution in [0.2, 0.25) is 0 Å². The monoisotopic (exact) mass is 570 g/mol. The van der Waals surface area contributed by atoms with Crippen LogP contribution in [0.25, 0.3) is 5.69 Å². The summed E-state index contributed by atoms with van der Waals surface area (Å²) in [5, 5.41) is 8.54. The second-order valence-corrected chi connectivity index (χ2v) is 10.2. The Morgan fingerprint density at radius 3 is 2.23 bits per heavy atom.